The fraction of sp³-hybridized carbons (Fsp3) is 0.500. The van der Waals surface area contributed by atoms with Crippen LogP contribution in [0.4, 0.5) is 15.8 Å². The number of nitrogens with one attached hydrogen (secondary N) is 1. The summed E-state index contributed by atoms with van der Waals surface area (Å²) in [7, 11) is 0. The molecule has 0 aliphatic heterocycles. The predicted molar refractivity (Wildman–Crippen MR) is 64.8 cm³/mol. The Bertz CT molecular complexity index is 342. The molecule has 1 atom stereocenters. The van der Waals surface area contributed by atoms with Crippen LogP contribution in [0, 0.1) is 11.7 Å². The third-order valence-electron chi connectivity index (χ3n) is 2.26. The van der Waals surface area contributed by atoms with Crippen LogP contribution in [0.25, 0.3) is 0 Å². The van der Waals surface area contributed by atoms with Crippen molar-refractivity contribution in [3.63, 3.8) is 0 Å². The first-order chi connectivity index (χ1) is 7.49. The molecule has 4 N–H and O–H groups in total. The van der Waals surface area contributed by atoms with Crippen molar-refractivity contribution in [3.8, 4) is 0 Å². The minimum Gasteiger partial charge on any atom is -0.399 e. The summed E-state index contributed by atoms with van der Waals surface area (Å²) in [5.74, 6) is 0.0322. The number of benzene rings is 1. The maximum Gasteiger partial charge on any atom is 0.148 e. The van der Waals surface area contributed by atoms with E-state index in [1.807, 2.05) is 13.8 Å². The predicted octanol–water partition coefficient (Wildman–Crippen LogP) is 2.23. The molecule has 0 spiro atoms. The lowest BCUT2D eigenvalue weighted by molar-refractivity contribution is 0.161. The van der Waals surface area contributed by atoms with Crippen molar-refractivity contribution in [1.82, 2.24) is 0 Å². The number of aliphatic hydroxyl groups is 1. The van der Waals surface area contributed by atoms with E-state index < -0.39 is 11.9 Å². The summed E-state index contributed by atoms with van der Waals surface area (Å²) < 4.78 is 13.3. The zero-order chi connectivity index (χ0) is 12.1. The lowest BCUT2D eigenvalue weighted by atomic mass is 10.1. The van der Waals surface area contributed by atoms with Crippen LogP contribution < -0.4 is 11.1 Å². The topological polar surface area (TPSA) is 58.3 Å². The third-order valence-corrected chi connectivity index (χ3v) is 2.26. The van der Waals surface area contributed by atoms with Crippen molar-refractivity contribution in [2.45, 2.75) is 26.4 Å². The monoisotopic (exact) mass is 226 g/mol. The van der Waals surface area contributed by atoms with E-state index in [-0.39, 0.29) is 0 Å². The lowest BCUT2D eigenvalue weighted by Crippen LogP contribution is -2.21. The minimum atomic E-state index is -0.461. The quantitative estimate of drug-likeness (QED) is 0.675. The van der Waals surface area contributed by atoms with Crippen LogP contribution in [0.3, 0.4) is 0 Å². The highest BCUT2D eigenvalue weighted by Gasteiger charge is 2.08. The van der Waals surface area contributed by atoms with E-state index in [1.165, 1.54) is 6.07 Å². The highest BCUT2D eigenvalue weighted by atomic mass is 19.1. The maximum atomic E-state index is 13.3. The molecule has 0 bridgehead atoms. The van der Waals surface area contributed by atoms with E-state index in [0.29, 0.717) is 30.3 Å². The molecular formula is C12H19FN2O. The molecule has 0 amide bonds. The molecule has 0 saturated heterocycles. The van der Waals surface area contributed by atoms with Crippen LogP contribution in [-0.2, 0) is 0 Å². The number of rotatable bonds is 5. The molecule has 1 unspecified atom stereocenters. The Morgan fingerprint density at radius 3 is 2.69 bits per heavy atom. The molecule has 0 aromatic heterocycles. The molecule has 1 aromatic carbocycles. The molecule has 0 fully saturated rings. The SMILES string of the molecule is CC(C)CC(O)CNc1ccc(N)cc1F. The van der Waals surface area contributed by atoms with Gasteiger partial charge in [0.15, 0.2) is 0 Å². The fourth-order valence-corrected chi connectivity index (χ4v) is 1.53. The van der Waals surface area contributed by atoms with Crippen molar-refractivity contribution in [1.29, 1.82) is 0 Å². The van der Waals surface area contributed by atoms with Gasteiger partial charge in [0.2, 0.25) is 0 Å². The van der Waals surface area contributed by atoms with Gasteiger partial charge in [-0.15, -0.1) is 0 Å². The number of hydrogen-bond acceptors (Lipinski definition) is 3. The van der Waals surface area contributed by atoms with E-state index in [2.05, 4.69) is 5.32 Å². The molecule has 0 aliphatic carbocycles. The number of halogens is 1. The molecule has 16 heavy (non-hydrogen) atoms. The van der Waals surface area contributed by atoms with Crippen LogP contribution in [-0.4, -0.2) is 17.8 Å². The maximum absolute atomic E-state index is 13.3. The largest absolute Gasteiger partial charge is 0.399 e. The van der Waals surface area contributed by atoms with E-state index >= 15 is 0 Å². The summed E-state index contributed by atoms with van der Waals surface area (Å²) in [6.45, 7) is 4.42. The number of anilines is 2. The first-order valence-electron chi connectivity index (χ1n) is 5.46. The molecule has 0 radical (unpaired) electrons. The average Bonchev–Trinajstić information content (AvgIpc) is 2.15. The van der Waals surface area contributed by atoms with Crippen LogP contribution in [0.15, 0.2) is 18.2 Å². The van der Waals surface area contributed by atoms with Gasteiger partial charge in [0.1, 0.15) is 5.82 Å². The van der Waals surface area contributed by atoms with Gasteiger partial charge in [-0.2, -0.15) is 0 Å². The Labute approximate surface area is 95.5 Å². The van der Waals surface area contributed by atoms with Crippen molar-refractivity contribution in [3.05, 3.63) is 24.0 Å². The van der Waals surface area contributed by atoms with Gasteiger partial charge in [0, 0.05) is 12.2 Å². The number of nitrogens with two attached hydrogens (primary N) is 1. The van der Waals surface area contributed by atoms with Gasteiger partial charge < -0.3 is 16.2 Å². The Morgan fingerprint density at radius 1 is 1.44 bits per heavy atom. The summed E-state index contributed by atoms with van der Waals surface area (Å²) in [5, 5.41) is 12.5. The molecule has 0 saturated carbocycles. The average molecular weight is 226 g/mol. The van der Waals surface area contributed by atoms with Gasteiger partial charge in [0.25, 0.3) is 0 Å². The Balaban J connectivity index is 2.48. The van der Waals surface area contributed by atoms with Gasteiger partial charge in [-0.3, -0.25) is 0 Å². The van der Waals surface area contributed by atoms with Crippen molar-refractivity contribution in [2.75, 3.05) is 17.6 Å². The summed E-state index contributed by atoms with van der Waals surface area (Å²) in [6.07, 6.45) is 0.237. The minimum absolute atomic E-state index is 0.346. The fourth-order valence-electron chi connectivity index (χ4n) is 1.53. The van der Waals surface area contributed by atoms with Crippen molar-refractivity contribution < 1.29 is 9.50 Å². The van der Waals surface area contributed by atoms with Crippen LogP contribution in [0.2, 0.25) is 0 Å². The Hall–Kier alpha value is -1.29. The first kappa shape index (κ1) is 12.8. The van der Waals surface area contributed by atoms with Crippen molar-refractivity contribution in [2.24, 2.45) is 5.92 Å². The zero-order valence-corrected chi connectivity index (χ0v) is 9.70. The number of aliphatic hydroxyl groups excluding tert-OH is 1. The summed E-state index contributed by atoms with van der Waals surface area (Å²) in [4.78, 5) is 0. The molecule has 90 valence electrons. The normalized spacial score (nSPS) is 12.8. The standard InChI is InChI=1S/C12H19FN2O/c1-8(2)5-10(16)7-15-12-4-3-9(14)6-11(12)13/h3-4,6,8,10,15-16H,5,7,14H2,1-2H3. The van der Waals surface area contributed by atoms with Gasteiger partial charge in [0.05, 0.1) is 11.8 Å². The molecule has 1 rings (SSSR count). The van der Waals surface area contributed by atoms with Crippen LogP contribution >= 0.6 is 0 Å². The highest BCUT2D eigenvalue weighted by Crippen LogP contribution is 2.17. The first-order valence-corrected chi connectivity index (χ1v) is 5.46. The Kier molecular flexibility index (Phi) is 4.55. The second-order valence-corrected chi connectivity index (χ2v) is 4.40. The number of nitrogen functional groups attached to an aromatic ring is 1. The molecular weight excluding hydrogens is 207 g/mol. The van der Waals surface area contributed by atoms with Crippen molar-refractivity contribution >= 4 is 11.4 Å². The molecule has 0 heterocycles. The second kappa shape index (κ2) is 5.70. The second-order valence-electron chi connectivity index (χ2n) is 4.40. The van der Waals surface area contributed by atoms with Gasteiger partial charge in [-0.05, 0) is 30.5 Å². The van der Waals surface area contributed by atoms with E-state index in [0.717, 1.165) is 0 Å². The summed E-state index contributed by atoms with van der Waals surface area (Å²) >= 11 is 0. The van der Waals surface area contributed by atoms with E-state index in [4.69, 9.17) is 5.73 Å². The van der Waals surface area contributed by atoms with Crippen LogP contribution in [0.1, 0.15) is 20.3 Å². The van der Waals surface area contributed by atoms with Gasteiger partial charge in [-0.1, -0.05) is 13.8 Å². The zero-order valence-electron chi connectivity index (χ0n) is 9.70. The lowest BCUT2D eigenvalue weighted by Gasteiger charge is -2.15. The van der Waals surface area contributed by atoms with E-state index in [1.54, 1.807) is 12.1 Å². The number of hydrogen-bond donors (Lipinski definition) is 3. The Morgan fingerprint density at radius 2 is 2.12 bits per heavy atom. The van der Waals surface area contributed by atoms with Crippen LogP contribution in [0.5, 0.6) is 0 Å². The molecule has 1 aromatic rings. The molecule has 3 nitrogen and oxygen atoms in total. The molecule has 0 aliphatic rings. The summed E-state index contributed by atoms with van der Waals surface area (Å²) in [6, 6.07) is 4.46. The third kappa shape index (κ3) is 4.06. The van der Waals surface area contributed by atoms with Gasteiger partial charge in [-0.25, -0.2) is 4.39 Å². The summed E-state index contributed by atoms with van der Waals surface area (Å²) in [5.41, 5.74) is 6.20. The van der Waals surface area contributed by atoms with E-state index in [9.17, 15) is 9.50 Å². The highest BCUT2D eigenvalue weighted by molar-refractivity contribution is 5.52. The van der Waals surface area contributed by atoms with Gasteiger partial charge >= 0.3 is 0 Å². The smallest absolute Gasteiger partial charge is 0.148 e. The molecule has 4 heteroatoms.